The van der Waals surface area contributed by atoms with Crippen LogP contribution in [0.3, 0.4) is 0 Å². The lowest BCUT2D eigenvalue weighted by molar-refractivity contribution is 1.11. The molecule has 2 nitrogen and oxygen atoms in total. The molecule has 0 N–H and O–H groups in total. The molecule has 8 aromatic rings. The lowest BCUT2D eigenvalue weighted by Crippen LogP contribution is -2.60. The number of fused-ring (bicyclic) bond motifs is 3. The Hall–Kier alpha value is -4.62. The van der Waals surface area contributed by atoms with Gasteiger partial charge in [0.25, 0.3) is 0 Å². The molecule has 0 atom stereocenters. The number of benzene rings is 6. The number of rotatable bonds is 3. The molecular formula is C41H23BN2S3. The van der Waals surface area contributed by atoms with E-state index >= 15 is 0 Å². The third kappa shape index (κ3) is 3.66. The first kappa shape index (κ1) is 26.5. The summed E-state index contributed by atoms with van der Waals surface area (Å²) in [6.07, 6.45) is 1.88. The average Bonchev–Trinajstić information content (AvgIpc) is 3.47. The van der Waals surface area contributed by atoms with Gasteiger partial charge in [0, 0.05) is 57.5 Å². The van der Waals surface area contributed by atoms with E-state index in [0.29, 0.717) is 0 Å². The molecule has 3 aliphatic heterocycles. The van der Waals surface area contributed by atoms with Crippen molar-refractivity contribution in [2.45, 2.75) is 29.4 Å². The van der Waals surface area contributed by atoms with Gasteiger partial charge in [-0.25, -0.2) is 0 Å². The molecule has 218 valence electrons. The zero-order valence-electron chi connectivity index (χ0n) is 25.0. The molecule has 2 aromatic heterocycles. The van der Waals surface area contributed by atoms with Crippen LogP contribution < -0.4 is 16.4 Å². The molecule has 0 saturated heterocycles. The largest absolute Gasteiger partial charge is 0.307 e. The first-order valence-electron chi connectivity index (χ1n) is 15.8. The number of nitrogens with zero attached hydrogens (tertiary/aromatic N) is 2. The van der Waals surface area contributed by atoms with Gasteiger partial charge < -0.3 is 4.57 Å². The third-order valence-electron chi connectivity index (χ3n) is 9.80. The number of hydrogen-bond donors (Lipinski definition) is 0. The molecule has 0 amide bonds. The summed E-state index contributed by atoms with van der Waals surface area (Å²) in [5, 5.41) is 2.53. The first-order valence-corrected chi connectivity index (χ1v) is 18.3. The fourth-order valence-corrected chi connectivity index (χ4v) is 11.8. The third-order valence-corrected chi connectivity index (χ3v) is 13.3. The fraction of sp³-hybridized carbons (Fsp3) is 0. The number of aromatic nitrogens is 2. The molecule has 0 bridgehead atoms. The van der Waals surface area contributed by atoms with Crippen molar-refractivity contribution in [1.82, 2.24) is 9.55 Å². The molecular weight excluding hydrogens is 627 g/mol. The highest BCUT2D eigenvalue weighted by molar-refractivity contribution is 8.02. The van der Waals surface area contributed by atoms with Gasteiger partial charge in [-0.2, -0.15) is 0 Å². The lowest BCUT2D eigenvalue weighted by atomic mass is 9.36. The molecule has 0 unspecified atom stereocenters. The van der Waals surface area contributed by atoms with Gasteiger partial charge in [0.05, 0.1) is 22.4 Å². The van der Waals surface area contributed by atoms with Crippen molar-refractivity contribution < 1.29 is 0 Å². The summed E-state index contributed by atoms with van der Waals surface area (Å²) in [6, 6.07) is 49.1. The highest BCUT2D eigenvalue weighted by atomic mass is 32.2. The highest BCUT2D eigenvalue weighted by Gasteiger charge is 2.44. The minimum atomic E-state index is 0.249. The van der Waals surface area contributed by atoms with Crippen molar-refractivity contribution in [2.24, 2.45) is 0 Å². The van der Waals surface area contributed by atoms with Crippen molar-refractivity contribution in [3.63, 3.8) is 0 Å². The summed E-state index contributed by atoms with van der Waals surface area (Å²) in [4.78, 5) is 13.1. The van der Waals surface area contributed by atoms with Crippen LogP contribution in [0, 0.1) is 0 Å². The second kappa shape index (κ2) is 9.94. The van der Waals surface area contributed by atoms with E-state index in [2.05, 4.69) is 132 Å². The molecule has 11 rings (SSSR count). The molecule has 47 heavy (non-hydrogen) atoms. The lowest BCUT2D eigenvalue weighted by Gasteiger charge is -2.38. The Morgan fingerprint density at radius 3 is 1.85 bits per heavy atom. The Labute approximate surface area is 285 Å². The second-order valence-corrected chi connectivity index (χ2v) is 15.4. The summed E-state index contributed by atoms with van der Waals surface area (Å²) in [6.45, 7) is 0.249. The van der Waals surface area contributed by atoms with Gasteiger partial charge in [-0.3, -0.25) is 4.98 Å². The standard InChI is InChI=1S/C41H23BN2S3/c1-2-11-25(29-15-5-6-23-43-29)24(10-1)27-13-7-14-28-26-12-3-4-16-30(26)44(40(27)28)31-21-22-36-39-41(31)47-35-20-9-19-34-38(35)42(39)37-32(45-34)17-8-18-33(37)46-36/h1-23H. The van der Waals surface area contributed by atoms with E-state index in [9.17, 15) is 0 Å². The van der Waals surface area contributed by atoms with Gasteiger partial charge in [-0.05, 0) is 76.5 Å². The summed E-state index contributed by atoms with van der Waals surface area (Å²) in [5.41, 5.74) is 12.7. The van der Waals surface area contributed by atoms with Gasteiger partial charge in [0.1, 0.15) is 0 Å². The van der Waals surface area contributed by atoms with Crippen LogP contribution in [0.2, 0.25) is 0 Å². The Balaban J connectivity index is 1.24. The van der Waals surface area contributed by atoms with E-state index in [4.69, 9.17) is 4.98 Å². The topological polar surface area (TPSA) is 17.8 Å². The van der Waals surface area contributed by atoms with E-state index in [1.165, 1.54) is 84.4 Å². The maximum absolute atomic E-state index is 4.77. The first-order chi connectivity index (χ1) is 23.3. The van der Waals surface area contributed by atoms with E-state index in [1.807, 2.05) is 47.5 Å². The van der Waals surface area contributed by atoms with E-state index in [1.54, 1.807) is 0 Å². The molecule has 5 heterocycles. The molecule has 0 saturated carbocycles. The van der Waals surface area contributed by atoms with E-state index < -0.39 is 0 Å². The smallest absolute Gasteiger partial charge is 0.250 e. The van der Waals surface area contributed by atoms with Crippen molar-refractivity contribution in [3.8, 4) is 28.1 Å². The maximum Gasteiger partial charge on any atom is 0.250 e. The Bertz CT molecular complexity index is 2590. The molecule has 6 aromatic carbocycles. The highest BCUT2D eigenvalue weighted by Crippen LogP contribution is 2.48. The average molecular weight is 651 g/mol. The minimum Gasteiger partial charge on any atom is -0.307 e. The molecule has 0 fully saturated rings. The van der Waals surface area contributed by atoms with E-state index in [-0.39, 0.29) is 6.71 Å². The summed E-state index contributed by atoms with van der Waals surface area (Å²) in [7, 11) is 0. The Morgan fingerprint density at radius 1 is 0.468 bits per heavy atom. The molecule has 3 aliphatic rings. The van der Waals surface area contributed by atoms with Crippen LogP contribution >= 0.6 is 35.3 Å². The Kier molecular flexibility index (Phi) is 5.60. The molecule has 0 spiro atoms. The van der Waals surface area contributed by atoms with Crippen LogP contribution in [-0.2, 0) is 0 Å². The van der Waals surface area contributed by atoms with Gasteiger partial charge in [0.15, 0.2) is 0 Å². The van der Waals surface area contributed by atoms with Gasteiger partial charge in [0.2, 0.25) is 6.71 Å². The number of hydrogen-bond acceptors (Lipinski definition) is 4. The fourth-order valence-electron chi connectivity index (χ4n) is 7.92. The maximum atomic E-state index is 4.77. The normalized spacial score (nSPS) is 13.7. The van der Waals surface area contributed by atoms with Crippen molar-refractivity contribution in [3.05, 3.63) is 140 Å². The van der Waals surface area contributed by atoms with Crippen molar-refractivity contribution in [1.29, 1.82) is 0 Å². The van der Waals surface area contributed by atoms with Crippen LogP contribution in [0.1, 0.15) is 0 Å². The van der Waals surface area contributed by atoms with Gasteiger partial charge >= 0.3 is 0 Å². The summed E-state index contributed by atoms with van der Waals surface area (Å²) >= 11 is 5.83. The predicted molar refractivity (Wildman–Crippen MR) is 199 cm³/mol. The molecule has 6 heteroatoms. The number of pyridine rings is 1. The monoisotopic (exact) mass is 650 g/mol. The van der Waals surface area contributed by atoms with Crippen LogP contribution in [0.25, 0.3) is 49.9 Å². The minimum absolute atomic E-state index is 0.249. The van der Waals surface area contributed by atoms with Crippen molar-refractivity contribution in [2.75, 3.05) is 0 Å². The van der Waals surface area contributed by atoms with Gasteiger partial charge in [-0.1, -0.05) is 114 Å². The van der Waals surface area contributed by atoms with Crippen LogP contribution in [-0.4, -0.2) is 16.3 Å². The Morgan fingerprint density at radius 2 is 1.09 bits per heavy atom. The van der Waals surface area contributed by atoms with Crippen LogP contribution in [0.5, 0.6) is 0 Å². The second-order valence-electron chi connectivity index (χ2n) is 12.2. The van der Waals surface area contributed by atoms with Crippen molar-refractivity contribution >= 4 is 80.2 Å². The quantitative estimate of drug-likeness (QED) is 0.177. The van der Waals surface area contributed by atoms with Crippen LogP contribution in [0.4, 0.5) is 0 Å². The summed E-state index contributed by atoms with van der Waals surface area (Å²) < 4.78 is 2.55. The SMILES string of the molecule is c1ccc(-c2ccccc2-c2cccc3c4ccccc4n(-c4ccc5c6c4Sc4cccc7c4B6c4c(cccc4S5)S7)c23)nc1. The van der Waals surface area contributed by atoms with Crippen LogP contribution in [0.15, 0.2) is 169 Å². The summed E-state index contributed by atoms with van der Waals surface area (Å²) in [5.74, 6) is 0. The van der Waals surface area contributed by atoms with Gasteiger partial charge in [-0.15, -0.1) is 0 Å². The molecule has 0 radical (unpaired) electrons. The predicted octanol–water partition coefficient (Wildman–Crippen LogP) is 9.42. The zero-order valence-corrected chi connectivity index (χ0v) is 27.4. The zero-order chi connectivity index (χ0) is 30.6. The molecule has 0 aliphatic carbocycles. The van der Waals surface area contributed by atoms with E-state index in [0.717, 1.165) is 11.3 Å². The number of para-hydroxylation sites is 2.